The maximum absolute atomic E-state index is 10.5. The molecule has 9 nitrogen and oxygen atoms in total. The zero-order valence-electron chi connectivity index (χ0n) is 19.3. The summed E-state index contributed by atoms with van der Waals surface area (Å²) >= 11 is 0. The van der Waals surface area contributed by atoms with Crippen molar-refractivity contribution in [2.24, 2.45) is 5.73 Å². The number of rotatable bonds is 4. The summed E-state index contributed by atoms with van der Waals surface area (Å²) in [6.07, 6.45) is 0.722. The van der Waals surface area contributed by atoms with Crippen molar-refractivity contribution in [3.8, 4) is 6.07 Å². The Morgan fingerprint density at radius 3 is 1.51 bits per heavy atom. The number of aromatic carboxylic acids is 2. The molecule has 3 N–H and O–H groups in total. The number of fused-ring (bicyclic) bond motifs is 2. The average molecular weight is 526 g/mol. The van der Waals surface area contributed by atoms with Gasteiger partial charge in [-0.05, 0) is 37.2 Å². The number of hydrogen-bond donors (Lipinski definition) is 2. The summed E-state index contributed by atoms with van der Waals surface area (Å²) in [4.78, 5) is 28.8. The fourth-order valence-electron chi connectivity index (χ4n) is 2.45. The Hall–Kier alpha value is -3.77. The number of nitrogens with zero attached hydrogens (tertiary/aromatic N) is 3. The molecule has 0 spiro atoms. The maximum Gasteiger partial charge on any atom is 2.00 e. The van der Waals surface area contributed by atoms with Gasteiger partial charge in [0.2, 0.25) is 0 Å². The molecule has 2 heterocycles. The third-order valence-electron chi connectivity index (χ3n) is 3.98. The average Bonchev–Trinajstić information content (AvgIpc) is 2.85. The number of nitrogens with two attached hydrogens (primary N) is 1. The predicted octanol–water partition coefficient (Wildman–Crippen LogP) is 1.05. The summed E-state index contributed by atoms with van der Waals surface area (Å²) in [6, 6.07) is 22.7. The first-order valence-electron chi connectivity index (χ1n) is 10.1. The van der Waals surface area contributed by atoms with Gasteiger partial charge in [0.15, 0.2) is 0 Å². The third kappa shape index (κ3) is 11.3. The molecule has 2 aromatic carbocycles. The van der Waals surface area contributed by atoms with Crippen LogP contribution in [0.15, 0.2) is 72.8 Å². The van der Waals surface area contributed by atoms with E-state index in [9.17, 15) is 19.8 Å². The zero-order chi connectivity index (χ0) is 25.3. The fraction of sp³-hybridized carbons (Fsp3) is 0.160. The van der Waals surface area contributed by atoms with E-state index >= 15 is 0 Å². The monoisotopic (exact) mass is 524 g/mol. The molecule has 176 valence electrons. The maximum atomic E-state index is 10.5. The number of carboxylic acid groups (broad SMARTS) is 2. The normalized spacial score (nSPS) is 8.97. The number of aromatic nitrogens is 2. The van der Waals surface area contributed by atoms with Crippen molar-refractivity contribution in [2.75, 3.05) is 13.2 Å². The molecule has 0 unspecified atom stereocenters. The van der Waals surface area contributed by atoms with E-state index in [1.54, 1.807) is 30.3 Å². The predicted molar refractivity (Wildman–Crippen MR) is 124 cm³/mol. The molecular weight excluding hydrogens is 502 g/mol. The van der Waals surface area contributed by atoms with E-state index in [1.165, 1.54) is 19.1 Å². The number of aliphatic hydroxyl groups excluding tert-OH is 1. The van der Waals surface area contributed by atoms with Crippen molar-refractivity contribution in [2.45, 2.75) is 13.3 Å². The van der Waals surface area contributed by atoms with Crippen LogP contribution in [-0.4, -0.2) is 40.2 Å². The van der Waals surface area contributed by atoms with E-state index in [-0.39, 0.29) is 37.5 Å². The van der Waals surface area contributed by atoms with Crippen LogP contribution in [0.25, 0.3) is 21.8 Å². The van der Waals surface area contributed by atoms with Gasteiger partial charge in [-0.2, -0.15) is 5.26 Å². The number of pyridine rings is 2. The van der Waals surface area contributed by atoms with Crippen LogP contribution in [0.5, 0.6) is 0 Å². The van der Waals surface area contributed by atoms with Crippen LogP contribution in [-0.2, 0) is 19.5 Å². The van der Waals surface area contributed by atoms with Crippen LogP contribution in [0.4, 0.5) is 0 Å². The summed E-state index contributed by atoms with van der Waals surface area (Å²) in [6.45, 7) is 2.24. The molecule has 0 amide bonds. The van der Waals surface area contributed by atoms with Gasteiger partial charge in [0.25, 0.3) is 0 Å². The Morgan fingerprint density at radius 1 is 0.857 bits per heavy atom. The first-order valence-corrected chi connectivity index (χ1v) is 10.1. The Labute approximate surface area is 215 Å². The third-order valence-corrected chi connectivity index (χ3v) is 3.98. The van der Waals surface area contributed by atoms with Crippen molar-refractivity contribution in [1.29, 1.82) is 5.26 Å². The van der Waals surface area contributed by atoms with Crippen LogP contribution in [0.2, 0.25) is 0 Å². The van der Waals surface area contributed by atoms with Crippen molar-refractivity contribution < 1.29 is 44.4 Å². The smallest absolute Gasteiger partial charge is 0.543 e. The number of carboxylic acids is 2. The molecule has 4 aromatic rings. The molecule has 0 aliphatic heterocycles. The van der Waals surface area contributed by atoms with E-state index in [0.717, 1.165) is 17.2 Å². The van der Waals surface area contributed by atoms with Gasteiger partial charge < -0.3 is 30.6 Å². The molecule has 0 atom stereocenters. The van der Waals surface area contributed by atoms with E-state index in [1.807, 2.05) is 36.4 Å². The van der Waals surface area contributed by atoms with E-state index < -0.39 is 11.9 Å². The molecule has 0 bridgehead atoms. The summed E-state index contributed by atoms with van der Waals surface area (Å²) in [5.41, 5.74) is 6.26. The van der Waals surface area contributed by atoms with Crippen molar-refractivity contribution >= 4 is 33.7 Å². The van der Waals surface area contributed by atoms with Crippen molar-refractivity contribution in [3.05, 3.63) is 84.2 Å². The van der Waals surface area contributed by atoms with E-state index in [2.05, 4.69) is 9.97 Å². The number of benzene rings is 2. The van der Waals surface area contributed by atoms with Gasteiger partial charge in [-0.25, -0.2) is 9.97 Å². The minimum atomic E-state index is -1.24. The minimum absolute atomic E-state index is 0. The molecule has 0 saturated heterocycles. The minimum Gasteiger partial charge on any atom is -0.543 e. The molecule has 0 saturated carbocycles. The van der Waals surface area contributed by atoms with Gasteiger partial charge in [0, 0.05) is 24.3 Å². The Bertz CT molecular complexity index is 1170. The molecule has 0 aliphatic rings. The molecule has 0 fully saturated rings. The molecule has 2 aromatic heterocycles. The van der Waals surface area contributed by atoms with Crippen LogP contribution in [0.1, 0.15) is 34.3 Å². The second-order valence-corrected chi connectivity index (χ2v) is 6.44. The van der Waals surface area contributed by atoms with Gasteiger partial charge >= 0.3 is 19.5 Å². The quantitative estimate of drug-likeness (QED) is 0.369. The van der Waals surface area contributed by atoms with E-state index in [4.69, 9.17) is 16.1 Å². The van der Waals surface area contributed by atoms with Gasteiger partial charge in [-0.15, -0.1) is 0 Å². The van der Waals surface area contributed by atoms with Crippen LogP contribution < -0.4 is 15.9 Å². The molecular formula is C25H24N4O5Zn. The zero-order valence-corrected chi connectivity index (χ0v) is 22.2. The fourth-order valence-corrected chi connectivity index (χ4v) is 2.45. The van der Waals surface area contributed by atoms with E-state index in [0.29, 0.717) is 17.6 Å². The Kier molecular flexibility index (Phi) is 15.8. The number of nitriles is 1. The van der Waals surface area contributed by atoms with Crippen LogP contribution >= 0.6 is 0 Å². The van der Waals surface area contributed by atoms with Gasteiger partial charge in [0.05, 0.1) is 40.4 Å². The number of para-hydroxylation sites is 2. The second-order valence-electron chi connectivity index (χ2n) is 6.44. The van der Waals surface area contributed by atoms with Crippen LogP contribution in [0, 0.1) is 11.3 Å². The summed E-state index contributed by atoms with van der Waals surface area (Å²) in [5, 5.41) is 38.1. The molecule has 10 heteroatoms. The first-order chi connectivity index (χ1) is 16.4. The number of carbonyl (C=O) groups is 2. The summed E-state index contributed by atoms with van der Waals surface area (Å²) < 4.78 is 0. The molecule has 0 aliphatic carbocycles. The standard InChI is InChI=1S/2C10H7NO2.C3H9NO.C2H3N.Zn/c2*12-10(13)9-6-5-7-3-1-2-4-8(7)11-9;4-2-1-3-5;1-2-3;/h2*1-6H,(H,12,13);5H,1-4H2;1H3;/q;;;;+2/p-2. The Balaban J connectivity index is 0.000000499. The summed E-state index contributed by atoms with van der Waals surface area (Å²) in [5.74, 6) is -2.49. The summed E-state index contributed by atoms with van der Waals surface area (Å²) in [7, 11) is 0. The van der Waals surface area contributed by atoms with Gasteiger partial charge in [-0.3, -0.25) is 0 Å². The van der Waals surface area contributed by atoms with Crippen molar-refractivity contribution in [3.63, 3.8) is 0 Å². The largest absolute Gasteiger partial charge is 2.00 e. The Morgan fingerprint density at radius 2 is 1.23 bits per heavy atom. The topological polar surface area (TPSA) is 176 Å². The first kappa shape index (κ1) is 31.2. The van der Waals surface area contributed by atoms with Crippen LogP contribution in [0.3, 0.4) is 0 Å². The molecule has 35 heavy (non-hydrogen) atoms. The van der Waals surface area contributed by atoms with Gasteiger partial charge in [0.1, 0.15) is 0 Å². The molecule has 4 rings (SSSR count). The number of aliphatic hydroxyl groups is 1. The van der Waals surface area contributed by atoms with Gasteiger partial charge in [-0.1, -0.05) is 48.5 Å². The van der Waals surface area contributed by atoms with Crippen molar-refractivity contribution in [1.82, 2.24) is 9.97 Å². The SMILES string of the molecule is CC#N.NCCCO.O=C([O-])c1ccc2ccccc2n1.O=C([O-])c1ccc2ccccc2n1.[Zn+2]. The molecule has 0 radical (unpaired) electrons. The second kappa shape index (κ2) is 17.7. The number of carbonyl (C=O) groups excluding carboxylic acids is 2. The number of hydrogen-bond acceptors (Lipinski definition) is 9.